The van der Waals surface area contributed by atoms with Gasteiger partial charge in [0.15, 0.2) is 16.6 Å². The molecule has 1 aliphatic rings. The molecule has 0 atom stereocenters. The molecule has 7 nitrogen and oxygen atoms in total. The Morgan fingerprint density at radius 3 is 2.63 bits per heavy atom. The molecule has 144 valence electrons. The number of hydrogen-bond acceptors (Lipinski definition) is 6. The highest BCUT2D eigenvalue weighted by Crippen LogP contribution is 2.33. The minimum Gasteiger partial charge on any atom is -0.493 e. The van der Waals surface area contributed by atoms with Gasteiger partial charge in [-0.1, -0.05) is 12.8 Å². The van der Waals surface area contributed by atoms with E-state index in [0.29, 0.717) is 33.4 Å². The molecule has 0 spiro atoms. The molecule has 2 aromatic rings. The third kappa shape index (κ3) is 4.86. The predicted molar refractivity (Wildman–Crippen MR) is 109 cm³/mol. The molecule has 1 aliphatic carbocycles. The van der Waals surface area contributed by atoms with Gasteiger partial charge in [-0.05, 0) is 43.3 Å². The van der Waals surface area contributed by atoms with Crippen molar-refractivity contribution in [3.8, 4) is 22.1 Å². The number of hydrazine groups is 1. The highest BCUT2D eigenvalue weighted by Gasteiger charge is 2.17. The first-order valence-corrected chi connectivity index (χ1v) is 9.94. The molecule has 1 amide bonds. The number of nitrogens with zero attached hydrogens (tertiary/aromatic N) is 1. The van der Waals surface area contributed by atoms with Gasteiger partial charge in [-0.3, -0.25) is 15.6 Å². The highest BCUT2D eigenvalue weighted by atomic mass is 32.1. The topological polar surface area (TPSA) is 84.5 Å². The molecule has 1 heterocycles. The molecule has 1 fully saturated rings. The number of benzene rings is 1. The summed E-state index contributed by atoms with van der Waals surface area (Å²) >= 11 is 6.59. The number of aromatic nitrogens is 1. The van der Waals surface area contributed by atoms with Crippen molar-refractivity contribution in [2.45, 2.75) is 31.7 Å². The number of amides is 1. The molecule has 9 heteroatoms. The van der Waals surface area contributed by atoms with Crippen molar-refractivity contribution in [1.82, 2.24) is 21.2 Å². The van der Waals surface area contributed by atoms with Crippen LogP contribution in [0.25, 0.3) is 10.6 Å². The minimum atomic E-state index is -0.339. The molecule has 3 rings (SSSR count). The molecule has 3 N–H and O–H groups in total. The molecule has 1 saturated carbocycles. The van der Waals surface area contributed by atoms with Crippen molar-refractivity contribution < 1.29 is 14.3 Å². The first-order valence-electron chi connectivity index (χ1n) is 8.65. The lowest BCUT2D eigenvalue weighted by Crippen LogP contribution is -2.49. The first-order chi connectivity index (χ1) is 13.1. The normalized spacial score (nSPS) is 13.9. The minimum absolute atomic E-state index is 0.320. The van der Waals surface area contributed by atoms with Crippen LogP contribution in [-0.2, 0) is 0 Å². The van der Waals surface area contributed by atoms with Crippen LogP contribution in [0.2, 0.25) is 0 Å². The number of thiocarbonyl (C=S) groups is 1. The van der Waals surface area contributed by atoms with Crippen molar-refractivity contribution in [2.24, 2.45) is 0 Å². The lowest BCUT2D eigenvalue weighted by Gasteiger charge is -2.15. The van der Waals surface area contributed by atoms with Gasteiger partial charge in [-0.15, -0.1) is 11.3 Å². The quantitative estimate of drug-likeness (QED) is 0.520. The number of rotatable bonds is 5. The molecule has 0 unspecified atom stereocenters. The Bertz CT molecular complexity index is 819. The van der Waals surface area contributed by atoms with Crippen molar-refractivity contribution in [1.29, 1.82) is 0 Å². The molecule has 0 aliphatic heterocycles. The smallest absolute Gasteiger partial charge is 0.289 e. The van der Waals surface area contributed by atoms with Gasteiger partial charge in [0, 0.05) is 17.0 Å². The van der Waals surface area contributed by atoms with Crippen LogP contribution in [0.5, 0.6) is 11.5 Å². The van der Waals surface area contributed by atoms with E-state index in [2.05, 4.69) is 21.2 Å². The Labute approximate surface area is 167 Å². The summed E-state index contributed by atoms with van der Waals surface area (Å²) in [6.07, 6.45) is 4.64. The van der Waals surface area contributed by atoms with Crippen LogP contribution in [-0.4, -0.2) is 36.3 Å². The number of nitrogens with one attached hydrogen (secondary N) is 3. The number of carbonyl (C=O) groups excluding carboxylic acids is 1. The van der Waals surface area contributed by atoms with Gasteiger partial charge in [0.1, 0.15) is 10.7 Å². The number of carbonyl (C=O) groups is 1. The van der Waals surface area contributed by atoms with Crippen LogP contribution in [0.1, 0.15) is 36.2 Å². The van der Waals surface area contributed by atoms with E-state index >= 15 is 0 Å². The van der Waals surface area contributed by atoms with Gasteiger partial charge in [0.05, 0.1) is 14.2 Å². The summed E-state index contributed by atoms with van der Waals surface area (Å²) in [7, 11) is 3.17. The maximum Gasteiger partial charge on any atom is 0.289 e. The van der Waals surface area contributed by atoms with Crippen LogP contribution in [0.4, 0.5) is 0 Å². The third-order valence-corrected chi connectivity index (χ3v) is 5.46. The van der Waals surface area contributed by atoms with Gasteiger partial charge < -0.3 is 14.8 Å². The summed E-state index contributed by atoms with van der Waals surface area (Å²) < 4.78 is 10.6. The Morgan fingerprint density at radius 2 is 1.93 bits per heavy atom. The van der Waals surface area contributed by atoms with Crippen LogP contribution >= 0.6 is 23.6 Å². The van der Waals surface area contributed by atoms with E-state index in [1.54, 1.807) is 19.6 Å². The second kappa shape index (κ2) is 9.01. The van der Waals surface area contributed by atoms with Crippen molar-refractivity contribution in [3.63, 3.8) is 0 Å². The molecule has 1 aromatic heterocycles. The summed E-state index contributed by atoms with van der Waals surface area (Å²) in [4.78, 5) is 16.7. The van der Waals surface area contributed by atoms with Gasteiger partial charge in [0.2, 0.25) is 0 Å². The Hall–Kier alpha value is -2.39. The standard InChI is InChI=1S/C18H22N4O3S2/c1-24-14-8-7-11(9-15(14)25-2)17-20-13(10-27-17)16(23)21-22-18(26)19-12-5-3-4-6-12/h7-10,12H,3-6H2,1-2H3,(H,21,23)(H2,19,22,26). The fourth-order valence-corrected chi connectivity index (χ4v) is 3.96. The summed E-state index contributed by atoms with van der Waals surface area (Å²) in [5.41, 5.74) is 6.49. The zero-order valence-corrected chi connectivity index (χ0v) is 16.8. The molecule has 27 heavy (non-hydrogen) atoms. The summed E-state index contributed by atoms with van der Waals surface area (Å²) in [5.74, 6) is 0.915. The van der Waals surface area contributed by atoms with E-state index in [4.69, 9.17) is 21.7 Å². The summed E-state index contributed by atoms with van der Waals surface area (Å²) in [6, 6.07) is 5.90. The van der Waals surface area contributed by atoms with Gasteiger partial charge in [-0.2, -0.15) is 0 Å². The number of methoxy groups -OCH3 is 2. The first kappa shape index (κ1) is 19.4. The Balaban J connectivity index is 1.59. The van der Waals surface area contributed by atoms with Gasteiger partial charge in [-0.25, -0.2) is 4.98 Å². The van der Waals surface area contributed by atoms with Gasteiger partial charge >= 0.3 is 0 Å². The van der Waals surface area contributed by atoms with Crippen LogP contribution in [0.15, 0.2) is 23.6 Å². The van der Waals surface area contributed by atoms with E-state index in [0.717, 1.165) is 18.4 Å². The third-order valence-electron chi connectivity index (χ3n) is 4.35. The second-order valence-electron chi connectivity index (χ2n) is 6.14. The zero-order chi connectivity index (χ0) is 19.2. The Morgan fingerprint density at radius 1 is 1.19 bits per heavy atom. The molecular formula is C18H22N4O3S2. The Kier molecular flexibility index (Phi) is 6.46. The average molecular weight is 407 g/mol. The maximum atomic E-state index is 12.3. The lowest BCUT2D eigenvalue weighted by molar-refractivity contribution is 0.0939. The summed E-state index contributed by atoms with van der Waals surface area (Å²) in [6.45, 7) is 0. The second-order valence-corrected chi connectivity index (χ2v) is 7.41. The monoisotopic (exact) mass is 406 g/mol. The van der Waals surface area contributed by atoms with Crippen LogP contribution in [0, 0.1) is 0 Å². The number of ether oxygens (including phenoxy) is 2. The van der Waals surface area contributed by atoms with Crippen molar-refractivity contribution >= 4 is 34.6 Å². The van der Waals surface area contributed by atoms with E-state index in [-0.39, 0.29) is 5.91 Å². The van der Waals surface area contributed by atoms with E-state index in [1.807, 2.05) is 18.2 Å². The number of hydrogen-bond donors (Lipinski definition) is 3. The molecule has 0 radical (unpaired) electrons. The van der Waals surface area contributed by atoms with Crippen molar-refractivity contribution in [3.05, 3.63) is 29.3 Å². The highest BCUT2D eigenvalue weighted by molar-refractivity contribution is 7.80. The van der Waals surface area contributed by atoms with Crippen LogP contribution < -0.4 is 25.6 Å². The molecular weight excluding hydrogens is 384 g/mol. The fourth-order valence-electron chi connectivity index (χ4n) is 2.95. The lowest BCUT2D eigenvalue weighted by atomic mass is 10.2. The fraction of sp³-hybridized carbons (Fsp3) is 0.389. The molecule has 0 saturated heterocycles. The van der Waals surface area contributed by atoms with E-state index in [1.165, 1.54) is 24.2 Å². The molecule has 0 bridgehead atoms. The van der Waals surface area contributed by atoms with Crippen LogP contribution in [0.3, 0.4) is 0 Å². The van der Waals surface area contributed by atoms with Gasteiger partial charge in [0.25, 0.3) is 5.91 Å². The van der Waals surface area contributed by atoms with Crippen molar-refractivity contribution in [2.75, 3.05) is 14.2 Å². The van der Waals surface area contributed by atoms with E-state index in [9.17, 15) is 4.79 Å². The SMILES string of the molecule is COc1ccc(-c2nc(C(=O)NNC(=S)NC3CCCC3)cs2)cc1OC. The summed E-state index contributed by atoms with van der Waals surface area (Å²) in [5, 5.41) is 6.04. The largest absolute Gasteiger partial charge is 0.493 e. The molecule has 1 aromatic carbocycles. The predicted octanol–water partition coefficient (Wildman–Crippen LogP) is 2.88. The van der Waals surface area contributed by atoms with E-state index < -0.39 is 0 Å². The number of thiazole rings is 1. The zero-order valence-electron chi connectivity index (χ0n) is 15.2. The average Bonchev–Trinajstić information content (AvgIpc) is 3.37. The maximum absolute atomic E-state index is 12.3.